The summed E-state index contributed by atoms with van der Waals surface area (Å²) in [6.45, 7) is 2.72. The van der Waals surface area contributed by atoms with E-state index in [0.717, 1.165) is 36.2 Å². The maximum absolute atomic E-state index is 13.3. The summed E-state index contributed by atoms with van der Waals surface area (Å²) in [5, 5.41) is 0. The Bertz CT molecular complexity index is 928. The number of aromatic nitrogens is 2. The number of oxazole rings is 1. The van der Waals surface area contributed by atoms with E-state index in [-0.39, 0.29) is 5.82 Å². The van der Waals surface area contributed by atoms with Crippen molar-refractivity contribution in [1.29, 1.82) is 0 Å². The second-order valence-corrected chi connectivity index (χ2v) is 7.62. The van der Waals surface area contributed by atoms with E-state index in [0.29, 0.717) is 29.2 Å². The maximum atomic E-state index is 13.3. The van der Waals surface area contributed by atoms with Gasteiger partial charge in [-0.15, -0.1) is 0 Å². The lowest BCUT2D eigenvalue weighted by Crippen LogP contribution is -2.46. The zero-order chi connectivity index (χ0) is 17.0. The fourth-order valence-corrected chi connectivity index (χ4v) is 4.13. The Labute approximate surface area is 152 Å². The van der Waals surface area contributed by atoms with Crippen LogP contribution in [0.5, 0.6) is 0 Å². The number of hydrogen-bond donors (Lipinski definition) is 0. The minimum Gasteiger partial charge on any atom is -0.423 e. The molecule has 0 radical (unpaired) electrons. The van der Waals surface area contributed by atoms with Gasteiger partial charge in [0.1, 0.15) is 11.3 Å². The summed E-state index contributed by atoms with van der Waals surface area (Å²) < 4.78 is 20.1. The molecule has 25 heavy (non-hydrogen) atoms. The van der Waals surface area contributed by atoms with Crippen molar-refractivity contribution in [1.82, 2.24) is 14.9 Å². The van der Waals surface area contributed by atoms with Crippen LogP contribution in [-0.4, -0.2) is 40.0 Å². The zero-order valence-corrected chi connectivity index (χ0v) is 15.0. The number of piperazine rings is 1. The Morgan fingerprint density at radius 2 is 2.12 bits per heavy atom. The predicted octanol–water partition coefficient (Wildman–Crippen LogP) is 3.59. The number of nitrogens with zero attached hydrogens (tertiary/aromatic N) is 4. The van der Waals surface area contributed by atoms with Gasteiger partial charge in [-0.1, -0.05) is 0 Å². The van der Waals surface area contributed by atoms with Gasteiger partial charge in [0.05, 0.1) is 5.69 Å². The summed E-state index contributed by atoms with van der Waals surface area (Å²) in [4.78, 5) is 13.7. The highest BCUT2D eigenvalue weighted by atomic mass is 79.9. The normalized spacial score (nSPS) is 23.0. The molecular formula is C18H16BrFN4O. The van der Waals surface area contributed by atoms with Crippen LogP contribution in [0.25, 0.3) is 11.1 Å². The van der Waals surface area contributed by atoms with Crippen LogP contribution in [0, 0.1) is 5.82 Å². The molecule has 0 N–H and O–H groups in total. The molecule has 2 fully saturated rings. The number of pyridine rings is 1. The zero-order valence-electron chi connectivity index (χ0n) is 13.4. The fraction of sp³-hybridized carbons (Fsp3) is 0.333. The van der Waals surface area contributed by atoms with Crippen molar-refractivity contribution in [2.24, 2.45) is 0 Å². The lowest BCUT2D eigenvalue weighted by Gasteiger charge is -2.33. The van der Waals surface area contributed by atoms with Gasteiger partial charge in [0.15, 0.2) is 5.58 Å². The van der Waals surface area contributed by atoms with Crippen molar-refractivity contribution >= 4 is 33.0 Å². The first-order valence-electron chi connectivity index (χ1n) is 8.33. The van der Waals surface area contributed by atoms with Gasteiger partial charge < -0.3 is 9.32 Å². The van der Waals surface area contributed by atoms with Crippen LogP contribution in [0.15, 0.2) is 45.4 Å². The molecule has 2 bridgehead atoms. The molecule has 2 atom stereocenters. The third-order valence-corrected chi connectivity index (χ3v) is 5.56. The Morgan fingerprint density at radius 1 is 1.20 bits per heavy atom. The first kappa shape index (κ1) is 15.3. The van der Waals surface area contributed by atoms with Crippen molar-refractivity contribution in [3.63, 3.8) is 0 Å². The van der Waals surface area contributed by atoms with E-state index in [1.54, 1.807) is 6.07 Å². The Hall–Kier alpha value is -1.99. The van der Waals surface area contributed by atoms with E-state index in [1.807, 2.05) is 12.3 Å². The Kier molecular flexibility index (Phi) is 3.53. The molecule has 2 aromatic heterocycles. The van der Waals surface area contributed by atoms with E-state index >= 15 is 0 Å². The van der Waals surface area contributed by atoms with E-state index in [2.05, 4.69) is 41.8 Å². The van der Waals surface area contributed by atoms with Crippen LogP contribution in [0.3, 0.4) is 0 Å². The molecule has 7 heteroatoms. The first-order valence-corrected chi connectivity index (χ1v) is 9.12. The second kappa shape index (κ2) is 5.78. The highest BCUT2D eigenvalue weighted by Gasteiger charge is 2.44. The van der Waals surface area contributed by atoms with Crippen LogP contribution in [0.1, 0.15) is 12.1 Å². The molecule has 0 spiro atoms. The lowest BCUT2D eigenvalue weighted by molar-refractivity contribution is 0.225. The predicted molar refractivity (Wildman–Crippen MR) is 95.9 cm³/mol. The fourth-order valence-electron chi connectivity index (χ4n) is 3.89. The highest BCUT2D eigenvalue weighted by molar-refractivity contribution is 9.10. The molecular weight excluding hydrogens is 387 g/mol. The van der Waals surface area contributed by atoms with Gasteiger partial charge in [-0.25, -0.2) is 4.39 Å². The van der Waals surface area contributed by atoms with E-state index in [4.69, 9.17) is 4.42 Å². The summed E-state index contributed by atoms with van der Waals surface area (Å²) in [5.74, 6) is -0.300. The molecule has 4 heterocycles. The van der Waals surface area contributed by atoms with Gasteiger partial charge in [-0.05, 0) is 46.6 Å². The lowest BCUT2D eigenvalue weighted by atomic mass is 10.2. The molecule has 0 amide bonds. The number of likely N-dealkylation sites (tertiary alicyclic amines) is 1. The van der Waals surface area contributed by atoms with Gasteiger partial charge in [0, 0.05) is 48.5 Å². The monoisotopic (exact) mass is 402 g/mol. The van der Waals surface area contributed by atoms with Crippen LogP contribution < -0.4 is 4.90 Å². The van der Waals surface area contributed by atoms with Crippen LogP contribution in [0.4, 0.5) is 10.4 Å². The van der Waals surface area contributed by atoms with Gasteiger partial charge in [0.2, 0.25) is 0 Å². The van der Waals surface area contributed by atoms with Crippen LogP contribution in [0.2, 0.25) is 0 Å². The maximum Gasteiger partial charge on any atom is 0.298 e. The molecule has 128 valence electrons. The van der Waals surface area contributed by atoms with Crippen molar-refractivity contribution in [2.45, 2.75) is 25.0 Å². The molecule has 1 aromatic carbocycles. The van der Waals surface area contributed by atoms with Gasteiger partial charge >= 0.3 is 0 Å². The Morgan fingerprint density at radius 3 is 2.88 bits per heavy atom. The van der Waals surface area contributed by atoms with Gasteiger partial charge in [-0.2, -0.15) is 4.98 Å². The molecule has 2 saturated heterocycles. The molecule has 5 rings (SSSR count). The standard InChI is InChI=1S/C18H16BrFN4O/c19-11-1-3-13(21-7-11)8-23-9-15-6-14(23)10-24(15)18-22-16-4-2-12(20)5-17(16)25-18/h1-5,7,14-15H,6,8-10H2. The number of benzene rings is 1. The van der Waals surface area contributed by atoms with Crippen molar-refractivity contribution in [2.75, 3.05) is 18.0 Å². The third kappa shape index (κ3) is 2.71. The smallest absolute Gasteiger partial charge is 0.298 e. The van der Waals surface area contributed by atoms with Crippen molar-refractivity contribution < 1.29 is 8.81 Å². The number of halogens is 2. The average Bonchev–Trinajstić information content (AvgIpc) is 3.29. The largest absolute Gasteiger partial charge is 0.423 e. The summed E-state index contributed by atoms with van der Waals surface area (Å²) in [6.07, 6.45) is 2.94. The van der Waals surface area contributed by atoms with Gasteiger partial charge in [0.25, 0.3) is 6.01 Å². The van der Waals surface area contributed by atoms with Crippen LogP contribution >= 0.6 is 15.9 Å². The Balaban J connectivity index is 1.32. The topological polar surface area (TPSA) is 45.4 Å². The van der Waals surface area contributed by atoms with Crippen molar-refractivity contribution in [3.8, 4) is 0 Å². The number of hydrogen-bond acceptors (Lipinski definition) is 5. The molecule has 5 nitrogen and oxygen atoms in total. The molecule has 2 aliphatic heterocycles. The van der Waals surface area contributed by atoms with E-state index in [9.17, 15) is 4.39 Å². The minimum atomic E-state index is -0.300. The average molecular weight is 403 g/mol. The van der Waals surface area contributed by atoms with Crippen LogP contribution in [-0.2, 0) is 6.54 Å². The van der Waals surface area contributed by atoms with Crippen molar-refractivity contribution in [3.05, 3.63) is 52.5 Å². The quantitative estimate of drug-likeness (QED) is 0.669. The molecule has 0 aliphatic carbocycles. The highest BCUT2D eigenvalue weighted by Crippen LogP contribution is 2.36. The third-order valence-electron chi connectivity index (χ3n) is 5.09. The second-order valence-electron chi connectivity index (χ2n) is 6.70. The van der Waals surface area contributed by atoms with E-state index in [1.165, 1.54) is 12.1 Å². The summed E-state index contributed by atoms with van der Waals surface area (Å²) >= 11 is 3.42. The molecule has 2 aliphatic rings. The summed E-state index contributed by atoms with van der Waals surface area (Å²) in [7, 11) is 0. The first-order chi connectivity index (χ1) is 12.2. The summed E-state index contributed by atoms with van der Waals surface area (Å²) in [6, 6.07) is 10.0. The number of anilines is 1. The van der Waals surface area contributed by atoms with E-state index < -0.39 is 0 Å². The SMILES string of the molecule is Fc1ccc2nc(N3CC4CC3CN4Cc3ccc(Br)cn3)oc2c1. The summed E-state index contributed by atoms with van der Waals surface area (Å²) in [5.41, 5.74) is 2.29. The molecule has 2 unspecified atom stereocenters. The minimum absolute atomic E-state index is 0.300. The molecule has 3 aromatic rings. The molecule has 0 saturated carbocycles. The number of fused-ring (bicyclic) bond motifs is 3. The number of rotatable bonds is 3. The van der Waals surface area contributed by atoms with Gasteiger partial charge in [-0.3, -0.25) is 9.88 Å².